The van der Waals surface area contributed by atoms with E-state index in [1.165, 1.54) is 88.4 Å². The van der Waals surface area contributed by atoms with Crippen LogP contribution in [0.2, 0.25) is 0 Å². The molecule has 5 nitrogen and oxygen atoms in total. The van der Waals surface area contributed by atoms with Crippen LogP contribution in [-0.4, -0.2) is 24.1 Å². The molecule has 0 bridgehead atoms. The van der Waals surface area contributed by atoms with Gasteiger partial charge in [-0.25, -0.2) is 4.98 Å². The standard InChI is InChI=1S/C32H46N2O3S/c1-3-5-7-9-11-12-14-16-24-37-28-21-22-29-30(25-28)38-32(33-29)34-31(35)26-17-19-27(20-18-26)36-23-15-13-10-8-6-4-2/h17-22,25H,3-16,23-24H2,1-2H3,(H,33,34,35). The first kappa shape index (κ1) is 29.9. The molecule has 38 heavy (non-hydrogen) atoms. The number of fused-ring (bicyclic) bond motifs is 1. The second-order valence-electron chi connectivity index (χ2n) is 10.1. The van der Waals surface area contributed by atoms with Crippen molar-refractivity contribution in [2.45, 2.75) is 104 Å². The monoisotopic (exact) mass is 538 g/mol. The lowest BCUT2D eigenvalue weighted by Gasteiger charge is -2.07. The Balaban J connectivity index is 1.38. The Kier molecular flexibility index (Phi) is 14.0. The van der Waals surface area contributed by atoms with Crippen LogP contribution in [0, 0.1) is 0 Å². The first-order valence-electron chi connectivity index (χ1n) is 14.8. The van der Waals surface area contributed by atoms with E-state index in [1.807, 2.05) is 30.3 Å². The highest BCUT2D eigenvalue weighted by Crippen LogP contribution is 2.30. The van der Waals surface area contributed by atoms with Crippen molar-refractivity contribution in [2.24, 2.45) is 0 Å². The molecule has 1 amide bonds. The van der Waals surface area contributed by atoms with Gasteiger partial charge >= 0.3 is 0 Å². The molecule has 0 aliphatic carbocycles. The van der Waals surface area contributed by atoms with Crippen molar-refractivity contribution in [1.82, 2.24) is 4.98 Å². The van der Waals surface area contributed by atoms with E-state index in [1.54, 1.807) is 12.1 Å². The third kappa shape index (κ3) is 11.0. The summed E-state index contributed by atoms with van der Waals surface area (Å²) in [6, 6.07) is 13.3. The number of carbonyl (C=O) groups is 1. The summed E-state index contributed by atoms with van der Waals surface area (Å²) in [6.45, 7) is 5.94. The molecule has 0 saturated carbocycles. The Morgan fingerprint density at radius 1 is 0.711 bits per heavy atom. The highest BCUT2D eigenvalue weighted by atomic mass is 32.1. The van der Waals surface area contributed by atoms with Crippen LogP contribution in [0.4, 0.5) is 5.13 Å². The molecule has 1 heterocycles. The van der Waals surface area contributed by atoms with Crippen molar-refractivity contribution in [3.05, 3.63) is 48.0 Å². The fraction of sp³-hybridized carbons (Fsp3) is 0.562. The van der Waals surface area contributed by atoms with Crippen molar-refractivity contribution in [1.29, 1.82) is 0 Å². The number of ether oxygens (including phenoxy) is 2. The number of carbonyl (C=O) groups excluding carboxylic acids is 1. The molecule has 6 heteroatoms. The Morgan fingerprint density at radius 2 is 1.24 bits per heavy atom. The molecule has 1 N–H and O–H groups in total. The Morgan fingerprint density at radius 3 is 1.84 bits per heavy atom. The number of nitrogens with one attached hydrogen (secondary N) is 1. The maximum Gasteiger partial charge on any atom is 0.257 e. The van der Waals surface area contributed by atoms with E-state index in [0.717, 1.165) is 41.2 Å². The van der Waals surface area contributed by atoms with E-state index < -0.39 is 0 Å². The Bertz CT molecular complexity index is 1060. The van der Waals surface area contributed by atoms with Gasteiger partial charge in [0.25, 0.3) is 5.91 Å². The summed E-state index contributed by atoms with van der Waals surface area (Å²) in [5.74, 6) is 1.49. The number of anilines is 1. The van der Waals surface area contributed by atoms with E-state index in [-0.39, 0.29) is 5.91 Å². The number of thiazole rings is 1. The summed E-state index contributed by atoms with van der Waals surface area (Å²) in [4.78, 5) is 17.3. The molecule has 1 aromatic heterocycles. The van der Waals surface area contributed by atoms with E-state index >= 15 is 0 Å². The Hall–Kier alpha value is -2.60. The van der Waals surface area contributed by atoms with Crippen LogP contribution in [0.5, 0.6) is 11.5 Å². The molecular formula is C32H46N2O3S. The minimum Gasteiger partial charge on any atom is -0.494 e. The van der Waals surface area contributed by atoms with Gasteiger partial charge in [-0.15, -0.1) is 0 Å². The smallest absolute Gasteiger partial charge is 0.257 e. The molecule has 0 unspecified atom stereocenters. The van der Waals surface area contributed by atoms with Gasteiger partial charge in [-0.3, -0.25) is 10.1 Å². The van der Waals surface area contributed by atoms with Crippen molar-refractivity contribution in [3.63, 3.8) is 0 Å². The molecule has 0 aliphatic heterocycles. The minimum atomic E-state index is -0.169. The molecule has 0 atom stereocenters. The lowest BCUT2D eigenvalue weighted by Crippen LogP contribution is -2.11. The van der Waals surface area contributed by atoms with Crippen molar-refractivity contribution < 1.29 is 14.3 Å². The maximum atomic E-state index is 12.7. The zero-order chi connectivity index (χ0) is 26.8. The molecular weight excluding hydrogens is 492 g/mol. The number of benzene rings is 2. The fourth-order valence-electron chi connectivity index (χ4n) is 4.42. The third-order valence-electron chi connectivity index (χ3n) is 6.73. The van der Waals surface area contributed by atoms with E-state index in [9.17, 15) is 4.79 Å². The van der Waals surface area contributed by atoms with Crippen molar-refractivity contribution in [2.75, 3.05) is 18.5 Å². The maximum absolute atomic E-state index is 12.7. The van der Waals surface area contributed by atoms with Crippen molar-refractivity contribution in [3.8, 4) is 11.5 Å². The Labute approximate surface area is 233 Å². The molecule has 0 radical (unpaired) electrons. The fourth-order valence-corrected chi connectivity index (χ4v) is 5.31. The molecule has 0 spiro atoms. The topological polar surface area (TPSA) is 60.5 Å². The third-order valence-corrected chi connectivity index (χ3v) is 7.66. The van der Waals surface area contributed by atoms with Gasteiger partial charge in [0.05, 0.1) is 23.4 Å². The summed E-state index contributed by atoms with van der Waals surface area (Å²) in [7, 11) is 0. The van der Waals surface area contributed by atoms with Gasteiger partial charge in [0, 0.05) is 5.56 Å². The predicted molar refractivity (Wildman–Crippen MR) is 161 cm³/mol. The highest BCUT2D eigenvalue weighted by Gasteiger charge is 2.11. The molecule has 0 aliphatic rings. The van der Waals surface area contributed by atoms with E-state index in [4.69, 9.17) is 9.47 Å². The van der Waals surface area contributed by atoms with Crippen LogP contribution in [0.15, 0.2) is 42.5 Å². The van der Waals surface area contributed by atoms with Crippen LogP contribution in [0.25, 0.3) is 10.2 Å². The quantitative estimate of drug-likeness (QED) is 0.145. The number of amides is 1. The van der Waals surface area contributed by atoms with Crippen LogP contribution in [-0.2, 0) is 0 Å². The summed E-state index contributed by atoms with van der Waals surface area (Å²) in [5.41, 5.74) is 1.45. The number of unbranched alkanes of at least 4 members (excludes halogenated alkanes) is 12. The molecule has 0 saturated heterocycles. The first-order valence-corrected chi connectivity index (χ1v) is 15.6. The molecule has 3 aromatic rings. The minimum absolute atomic E-state index is 0.169. The number of rotatable bonds is 20. The van der Waals surface area contributed by atoms with E-state index in [0.29, 0.717) is 17.3 Å². The number of hydrogen-bond donors (Lipinski definition) is 1. The zero-order valence-corrected chi connectivity index (χ0v) is 24.3. The average Bonchev–Trinajstić information content (AvgIpc) is 3.33. The normalized spacial score (nSPS) is 11.1. The van der Waals surface area contributed by atoms with Gasteiger partial charge < -0.3 is 9.47 Å². The van der Waals surface area contributed by atoms with Gasteiger partial charge in [0.1, 0.15) is 11.5 Å². The van der Waals surface area contributed by atoms with Crippen LogP contribution in [0.1, 0.15) is 114 Å². The molecule has 0 fully saturated rings. The van der Waals surface area contributed by atoms with Gasteiger partial charge in [0.2, 0.25) is 0 Å². The molecule has 2 aromatic carbocycles. The highest BCUT2D eigenvalue weighted by molar-refractivity contribution is 7.22. The summed E-state index contributed by atoms with van der Waals surface area (Å²) in [5, 5.41) is 3.53. The average molecular weight is 539 g/mol. The van der Waals surface area contributed by atoms with Gasteiger partial charge in [-0.2, -0.15) is 0 Å². The lowest BCUT2D eigenvalue weighted by molar-refractivity contribution is 0.102. The lowest BCUT2D eigenvalue weighted by atomic mass is 10.1. The summed E-state index contributed by atoms with van der Waals surface area (Å²) >= 11 is 1.47. The summed E-state index contributed by atoms with van der Waals surface area (Å²) in [6.07, 6.45) is 17.7. The van der Waals surface area contributed by atoms with Crippen LogP contribution in [0.3, 0.4) is 0 Å². The largest absolute Gasteiger partial charge is 0.494 e. The number of aromatic nitrogens is 1. The van der Waals surface area contributed by atoms with E-state index in [2.05, 4.69) is 24.1 Å². The SMILES string of the molecule is CCCCCCCCCCOc1ccc2nc(NC(=O)c3ccc(OCCCCCCCC)cc3)sc2c1. The van der Waals surface area contributed by atoms with Crippen molar-refractivity contribution >= 4 is 32.6 Å². The van der Waals surface area contributed by atoms with Crippen LogP contribution >= 0.6 is 11.3 Å². The van der Waals surface area contributed by atoms with Gasteiger partial charge in [-0.1, -0.05) is 102 Å². The van der Waals surface area contributed by atoms with Crippen LogP contribution < -0.4 is 14.8 Å². The summed E-state index contributed by atoms with van der Waals surface area (Å²) < 4.78 is 12.8. The zero-order valence-electron chi connectivity index (χ0n) is 23.4. The second-order valence-corrected chi connectivity index (χ2v) is 11.1. The number of hydrogen-bond acceptors (Lipinski definition) is 5. The predicted octanol–water partition coefficient (Wildman–Crippen LogP) is 9.81. The second kappa shape index (κ2) is 17.8. The molecule has 3 rings (SSSR count). The van der Waals surface area contributed by atoms with Gasteiger partial charge in [0.15, 0.2) is 5.13 Å². The first-order chi connectivity index (χ1) is 18.7. The van der Waals surface area contributed by atoms with Gasteiger partial charge in [-0.05, 0) is 55.3 Å². The number of nitrogens with zero attached hydrogens (tertiary/aromatic N) is 1. The molecule has 208 valence electrons.